The van der Waals surface area contributed by atoms with Gasteiger partial charge in [-0.3, -0.25) is 9.63 Å². The maximum atomic E-state index is 12.7. The van der Waals surface area contributed by atoms with Crippen LogP contribution in [0.2, 0.25) is 0 Å². The molecule has 0 aromatic heterocycles. The Morgan fingerprint density at radius 1 is 0.840 bits per heavy atom. The first-order chi connectivity index (χ1) is 12.3. The van der Waals surface area contributed by atoms with Crippen molar-refractivity contribution in [2.24, 2.45) is 0 Å². The van der Waals surface area contributed by atoms with Crippen molar-refractivity contribution in [1.82, 2.24) is 5.48 Å². The summed E-state index contributed by atoms with van der Waals surface area (Å²) in [6.45, 7) is 0.337. The lowest BCUT2D eigenvalue weighted by atomic mass is 10.1. The van der Waals surface area contributed by atoms with E-state index in [1.54, 1.807) is 0 Å². The van der Waals surface area contributed by atoms with E-state index in [-0.39, 0.29) is 11.2 Å². The Morgan fingerprint density at radius 3 is 2.04 bits per heavy atom. The fourth-order valence-corrected chi connectivity index (χ4v) is 3.39. The Kier molecular flexibility index (Phi) is 6.26. The zero-order valence-corrected chi connectivity index (χ0v) is 14.5. The van der Waals surface area contributed by atoms with E-state index < -0.39 is 0 Å². The highest BCUT2D eigenvalue weighted by Crippen LogP contribution is 2.35. The number of benzene rings is 3. The van der Waals surface area contributed by atoms with E-state index in [0.717, 1.165) is 16.0 Å². The van der Waals surface area contributed by atoms with Crippen LogP contribution in [0.5, 0.6) is 0 Å². The summed E-state index contributed by atoms with van der Waals surface area (Å²) in [5.41, 5.74) is 4.54. The molecule has 0 radical (unpaired) electrons. The minimum Gasteiger partial charge on any atom is -0.271 e. The molecule has 126 valence electrons. The van der Waals surface area contributed by atoms with Crippen LogP contribution >= 0.6 is 11.8 Å². The second-order valence-corrected chi connectivity index (χ2v) is 6.64. The number of thioether (sulfide) groups is 1. The maximum absolute atomic E-state index is 12.7. The Balaban J connectivity index is 1.67. The lowest BCUT2D eigenvalue weighted by Crippen LogP contribution is -2.28. The summed E-state index contributed by atoms with van der Waals surface area (Å²) in [4.78, 5) is 19.1. The summed E-state index contributed by atoms with van der Waals surface area (Å²) in [6.07, 6.45) is 0. The monoisotopic (exact) mass is 349 g/mol. The highest BCUT2D eigenvalue weighted by atomic mass is 32.2. The van der Waals surface area contributed by atoms with Crippen LogP contribution in [0.15, 0.2) is 95.9 Å². The molecule has 0 spiro atoms. The van der Waals surface area contributed by atoms with E-state index in [1.165, 1.54) is 11.8 Å². The number of carbonyl (C=O) groups excluding carboxylic acids is 1. The van der Waals surface area contributed by atoms with Crippen LogP contribution < -0.4 is 5.48 Å². The average molecular weight is 349 g/mol. The highest BCUT2D eigenvalue weighted by Gasteiger charge is 2.22. The molecule has 1 amide bonds. The maximum Gasteiger partial charge on any atom is 0.261 e. The number of hydrogen-bond acceptors (Lipinski definition) is 3. The number of hydrogen-bond donors (Lipinski definition) is 1. The van der Waals surface area contributed by atoms with Crippen molar-refractivity contribution in [2.45, 2.75) is 16.8 Å². The van der Waals surface area contributed by atoms with Crippen LogP contribution in [0.25, 0.3) is 0 Å². The van der Waals surface area contributed by atoms with E-state index in [9.17, 15) is 4.79 Å². The number of amides is 1. The first kappa shape index (κ1) is 17.3. The molecule has 0 fully saturated rings. The molecule has 25 heavy (non-hydrogen) atoms. The SMILES string of the molecule is O=C(NOCc1ccccc1)C(Sc1ccccc1)c1ccccc1. The molecular weight excluding hydrogens is 330 g/mol. The largest absolute Gasteiger partial charge is 0.271 e. The average Bonchev–Trinajstić information content (AvgIpc) is 2.68. The quantitative estimate of drug-likeness (QED) is 0.493. The molecule has 4 heteroatoms. The molecule has 0 saturated carbocycles. The van der Waals surface area contributed by atoms with Gasteiger partial charge >= 0.3 is 0 Å². The fraction of sp³-hybridized carbons (Fsp3) is 0.0952. The molecule has 3 aromatic carbocycles. The minimum atomic E-state index is -0.376. The molecule has 0 aliphatic rings. The van der Waals surface area contributed by atoms with Crippen molar-refractivity contribution in [3.63, 3.8) is 0 Å². The van der Waals surface area contributed by atoms with Gasteiger partial charge in [0.05, 0.1) is 6.61 Å². The molecular formula is C21H19NO2S. The standard InChI is InChI=1S/C21H19NO2S/c23-21(22-24-16-17-10-4-1-5-11-17)20(18-12-6-2-7-13-18)25-19-14-8-3-9-15-19/h1-15,20H,16H2,(H,22,23). The second kappa shape index (κ2) is 9.06. The Morgan fingerprint density at radius 2 is 1.40 bits per heavy atom. The molecule has 0 heterocycles. The molecule has 1 atom stereocenters. The molecule has 1 N–H and O–H groups in total. The molecule has 0 aliphatic heterocycles. The van der Waals surface area contributed by atoms with Crippen molar-refractivity contribution in [1.29, 1.82) is 0 Å². The highest BCUT2D eigenvalue weighted by molar-refractivity contribution is 8.00. The molecule has 0 bridgehead atoms. The third-order valence-corrected chi connectivity index (χ3v) is 4.86. The van der Waals surface area contributed by atoms with Gasteiger partial charge in [-0.1, -0.05) is 78.9 Å². The normalized spacial score (nSPS) is 11.7. The Labute approximate surface area is 152 Å². The summed E-state index contributed by atoms with van der Waals surface area (Å²) in [6, 6.07) is 29.4. The zero-order valence-electron chi connectivity index (χ0n) is 13.7. The Hall–Kier alpha value is -2.56. The van der Waals surface area contributed by atoms with Crippen LogP contribution in [0.3, 0.4) is 0 Å². The van der Waals surface area contributed by atoms with E-state index >= 15 is 0 Å². The summed E-state index contributed by atoms with van der Waals surface area (Å²) >= 11 is 1.50. The number of nitrogens with one attached hydrogen (secondary N) is 1. The van der Waals surface area contributed by atoms with Crippen molar-refractivity contribution in [3.05, 3.63) is 102 Å². The summed E-state index contributed by atoms with van der Waals surface area (Å²) in [5.74, 6) is -0.170. The molecule has 3 aromatic rings. The third kappa shape index (κ3) is 5.21. The van der Waals surface area contributed by atoms with Crippen LogP contribution in [-0.2, 0) is 16.2 Å². The first-order valence-electron chi connectivity index (χ1n) is 8.05. The van der Waals surface area contributed by atoms with Gasteiger partial charge in [-0.25, -0.2) is 5.48 Å². The van der Waals surface area contributed by atoms with Crippen LogP contribution in [0, 0.1) is 0 Å². The third-order valence-electron chi connectivity index (χ3n) is 3.59. The smallest absolute Gasteiger partial charge is 0.261 e. The van der Waals surface area contributed by atoms with Gasteiger partial charge < -0.3 is 0 Å². The molecule has 3 rings (SSSR count). The van der Waals surface area contributed by atoms with E-state index in [0.29, 0.717) is 6.61 Å². The topological polar surface area (TPSA) is 38.3 Å². The number of rotatable bonds is 7. The van der Waals surface area contributed by atoms with E-state index in [4.69, 9.17) is 4.84 Å². The van der Waals surface area contributed by atoms with E-state index in [1.807, 2.05) is 91.0 Å². The van der Waals surface area contributed by atoms with Crippen LogP contribution in [-0.4, -0.2) is 5.91 Å². The van der Waals surface area contributed by atoms with Gasteiger partial charge in [-0.2, -0.15) is 0 Å². The minimum absolute atomic E-state index is 0.170. The van der Waals surface area contributed by atoms with Crippen molar-refractivity contribution in [2.75, 3.05) is 0 Å². The van der Waals surface area contributed by atoms with E-state index in [2.05, 4.69) is 5.48 Å². The van der Waals surface area contributed by atoms with Crippen LogP contribution in [0.1, 0.15) is 16.4 Å². The van der Waals surface area contributed by atoms with Crippen molar-refractivity contribution >= 4 is 17.7 Å². The van der Waals surface area contributed by atoms with Gasteiger partial charge in [0.2, 0.25) is 0 Å². The number of carbonyl (C=O) groups is 1. The van der Waals surface area contributed by atoms with Gasteiger partial charge in [0.25, 0.3) is 5.91 Å². The van der Waals surface area contributed by atoms with Gasteiger partial charge in [0.15, 0.2) is 0 Å². The fourth-order valence-electron chi connectivity index (χ4n) is 2.35. The predicted octanol–water partition coefficient (Wildman–Crippen LogP) is 4.77. The summed E-state index contributed by atoms with van der Waals surface area (Å²) in [5, 5.41) is -0.376. The summed E-state index contributed by atoms with van der Waals surface area (Å²) in [7, 11) is 0. The number of hydroxylamine groups is 1. The van der Waals surface area contributed by atoms with Gasteiger partial charge in [0, 0.05) is 4.90 Å². The molecule has 1 unspecified atom stereocenters. The van der Waals surface area contributed by atoms with Gasteiger partial charge in [-0.05, 0) is 23.3 Å². The first-order valence-corrected chi connectivity index (χ1v) is 8.93. The second-order valence-electron chi connectivity index (χ2n) is 5.46. The zero-order chi connectivity index (χ0) is 17.3. The predicted molar refractivity (Wildman–Crippen MR) is 101 cm³/mol. The molecule has 0 saturated heterocycles. The van der Waals surface area contributed by atoms with Gasteiger partial charge in [-0.15, -0.1) is 11.8 Å². The van der Waals surface area contributed by atoms with Crippen LogP contribution in [0.4, 0.5) is 0 Å². The lowest BCUT2D eigenvalue weighted by molar-refractivity contribution is -0.134. The van der Waals surface area contributed by atoms with Crippen molar-refractivity contribution < 1.29 is 9.63 Å². The van der Waals surface area contributed by atoms with Crippen molar-refractivity contribution in [3.8, 4) is 0 Å². The summed E-state index contributed by atoms with van der Waals surface area (Å²) < 4.78 is 0. The molecule has 3 nitrogen and oxygen atoms in total. The lowest BCUT2D eigenvalue weighted by Gasteiger charge is -2.17. The Bertz CT molecular complexity index is 779. The van der Waals surface area contributed by atoms with Gasteiger partial charge in [0.1, 0.15) is 5.25 Å². The molecule has 0 aliphatic carbocycles.